The molecule has 1 saturated heterocycles. The van der Waals surface area contributed by atoms with Crippen molar-refractivity contribution in [3.05, 3.63) is 17.5 Å². The molecule has 110 valence electrons. The molecule has 0 saturated carbocycles. The van der Waals surface area contributed by atoms with Gasteiger partial charge in [-0.2, -0.15) is 0 Å². The lowest BCUT2D eigenvalue weighted by molar-refractivity contribution is -0.130. The molecular weight excluding hydrogens is 252 g/mol. The highest BCUT2D eigenvalue weighted by atomic mass is 16.2. The Kier molecular flexibility index (Phi) is 4.93. The molecule has 0 atom stereocenters. The molecule has 1 aliphatic heterocycles. The smallest absolute Gasteiger partial charge is 0.241 e. The van der Waals surface area contributed by atoms with Crippen molar-refractivity contribution in [1.82, 2.24) is 14.9 Å². The molecule has 1 fully saturated rings. The summed E-state index contributed by atoms with van der Waals surface area (Å²) < 4.78 is 0. The van der Waals surface area contributed by atoms with E-state index in [1.807, 2.05) is 17.9 Å². The first kappa shape index (κ1) is 14.8. The molecule has 0 bridgehead atoms. The van der Waals surface area contributed by atoms with Gasteiger partial charge in [0.15, 0.2) is 0 Å². The van der Waals surface area contributed by atoms with E-state index in [1.165, 1.54) is 6.42 Å². The zero-order chi connectivity index (χ0) is 14.5. The molecule has 0 aliphatic carbocycles. The highest BCUT2D eigenvalue weighted by molar-refractivity contribution is 5.80. The van der Waals surface area contributed by atoms with Crippen LogP contribution in [0.5, 0.6) is 0 Å². The maximum Gasteiger partial charge on any atom is 0.241 e. The average Bonchev–Trinajstić information content (AvgIpc) is 2.45. The monoisotopic (exact) mass is 276 g/mol. The Morgan fingerprint density at radius 1 is 1.30 bits per heavy atom. The number of anilines is 1. The van der Waals surface area contributed by atoms with Crippen molar-refractivity contribution in [2.24, 2.45) is 0 Å². The van der Waals surface area contributed by atoms with E-state index >= 15 is 0 Å². The van der Waals surface area contributed by atoms with Crippen LogP contribution in [-0.2, 0) is 4.79 Å². The predicted molar refractivity (Wildman–Crippen MR) is 79.8 cm³/mol. The van der Waals surface area contributed by atoms with Crippen molar-refractivity contribution in [1.29, 1.82) is 0 Å². The van der Waals surface area contributed by atoms with E-state index in [0.29, 0.717) is 11.9 Å². The van der Waals surface area contributed by atoms with Gasteiger partial charge in [0, 0.05) is 24.5 Å². The number of carbonyl (C=O) groups excluding carboxylic acids is 1. The van der Waals surface area contributed by atoms with E-state index in [0.717, 1.165) is 37.3 Å². The molecule has 1 amide bonds. The number of aromatic nitrogens is 2. The molecule has 0 spiro atoms. The molecule has 0 radical (unpaired) electrons. The minimum atomic E-state index is 0.140. The zero-order valence-electron chi connectivity index (χ0n) is 12.6. The van der Waals surface area contributed by atoms with E-state index < -0.39 is 0 Å². The number of likely N-dealkylation sites (tertiary alicyclic amines) is 1. The van der Waals surface area contributed by atoms with Crippen LogP contribution in [-0.4, -0.2) is 40.4 Å². The molecule has 5 nitrogen and oxygen atoms in total. The fourth-order valence-electron chi connectivity index (χ4n) is 2.38. The summed E-state index contributed by atoms with van der Waals surface area (Å²) in [7, 11) is 0. The van der Waals surface area contributed by atoms with Gasteiger partial charge in [0.05, 0.1) is 6.54 Å². The van der Waals surface area contributed by atoms with Gasteiger partial charge >= 0.3 is 0 Å². The van der Waals surface area contributed by atoms with Crippen molar-refractivity contribution in [3.63, 3.8) is 0 Å². The van der Waals surface area contributed by atoms with Crippen molar-refractivity contribution >= 4 is 11.9 Å². The Bertz CT molecular complexity index is 467. The van der Waals surface area contributed by atoms with Gasteiger partial charge in [-0.3, -0.25) is 4.79 Å². The lowest BCUT2D eigenvalue weighted by atomic mass is 10.1. The van der Waals surface area contributed by atoms with E-state index in [-0.39, 0.29) is 12.5 Å². The molecule has 0 aromatic carbocycles. The molecule has 5 heteroatoms. The van der Waals surface area contributed by atoms with Crippen LogP contribution in [0.25, 0.3) is 0 Å². The van der Waals surface area contributed by atoms with Crippen LogP contribution in [0.2, 0.25) is 0 Å². The maximum atomic E-state index is 12.1. The molecule has 1 N–H and O–H groups in total. The minimum absolute atomic E-state index is 0.140. The zero-order valence-corrected chi connectivity index (χ0v) is 12.6. The number of carbonyl (C=O) groups is 1. The number of nitrogens with one attached hydrogen (secondary N) is 1. The maximum absolute atomic E-state index is 12.1. The van der Waals surface area contributed by atoms with Crippen molar-refractivity contribution in [2.45, 2.75) is 46.0 Å². The summed E-state index contributed by atoms with van der Waals surface area (Å²) in [5.74, 6) is 1.05. The number of nitrogens with zero attached hydrogens (tertiary/aromatic N) is 3. The molecule has 20 heavy (non-hydrogen) atoms. The molecule has 2 heterocycles. The number of hydrogen-bond donors (Lipinski definition) is 1. The summed E-state index contributed by atoms with van der Waals surface area (Å²) in [5.41, 5.74) is 1.93. The number of aryl methyl sites for hydroxylation is 1. The van der Waals surface area contributed by atoms with Crippen LogP contribution in [0.1, 0.15) is 50.4 Å². The largest absolute Gasteiger partial charge is 0.345 e. The van der Waals surface area contributed by atoms with E-state index in [2.05, 4.69) is 29.1 Å². The lowest BCUT2D eigenvalue weighted by Gasteiger charge is -2.26. The second-order valence-corrected chi connectivity index (χ2v) is 5.71. The summed E-state index contributed by atoms with van der Waals surface area (Å²) in [4.78, 5) is 22.8. The second-order valence-electron chi connectivity index (χ2n) is 5.71. The van der Waals surface area contributed by atoms with Crippen molar-refractivity contribution < 1.29 is 4.79 Å². The topological polar surface area (TPSA) is 58.1 Å². The van der Waals surface area contributed by atoms with Gasteiger partial charge in [-0.1, -0.05) is 13.8 Å². The molecule has 0 unspecified atom stereocenters. The third kappa shape index (κ3) is 3.92. The second kappa shape index (κ2) is 6.68. The summed E-state index contributed by atoms with van der Waals surface area (Å²) >= 11 is 0. The molecule has 1 aromatic heterocycles. The Morgan fingerprint density at radius 2 is 2.00 bits per heavy atom. The SMILES string of the molecule is Cc1cc(C(C)C)nc(NCC(=O)N2CCCCC2)n1. The third-order valence-corrected chi connectivity index (χ3v) is 3.57. The Balaban J connectivity index is 1.94. The predicted octanol–water partition coefficient (Wildman–Crippen LogP) is 2.33. The highest BCUT2D eigenvalue weighted by Crippen LogP contribution is 2.14. The Morgan fingerprint density at radius 3 is 2.65 bits per heavy atom. The summed E-state index contributed by atoms with van der Waals surface area (Å²) in [6, 6.07) is 1.99. The first-order chi connectivity index (χ1) is 9.56. The van der Waals surface area contributed by atoms with Crippen molar-refractivity contribution in [3.8, 4) is 0 Å². The van der Waals surface area contributed by atoms with Crippen LogP contribution >= 0.6 is 0 Å². The van der Waals surface area contributed by atoms with Crippen LogP contribution in [0.15, 0.2) is 6.07 Å². The quantitative estimate of drug-likeness (QED) is 0.917. The van der Waals surface area contributed by atoms with E-state index in [9.17, 15) is 4.79 Å². The fraction of sp³-hybridized carbons (Fsp3) is 0.667. The van der Waals surface area contributed by atoms with Crippen LogP contribution in [0, 0.1) is 6.92 Å². The standard InChI is InChI=1S/C15H24N4O/c1-11(2)13-9-12(3)17-15(18-13)16-10-14(20)19-7-5-4-6-8-19/h9,11H,4-8,10H2,1-3H3,(H,16,17,18). The van der Waals surface area contributed by atoms with Crippen LogP contribution in [0.3, 0.4) is 0 Å². The van der Waals surface area contributed by atoms with Crippen molar-refractivity contribution in [2.75, 3.05) is 25.0 Å². The van der Waals surface area contributed by atoms with Gasteiger partial charge in [0.1, 0.15) is 0 Å². The Hall–Kier alpha value is -1.65. The van der Waals surface area contributed by atoms with Gasteiger partial charge in [-0.15, -0.1) is 0 Å². The van der Waals surface area contributed by atoms with Crippen LogP contribution < -0.4 is 5.32 Å². The Labute approximate surface area is 120 Å². The number of rotatable bonds is 4. The van der Waals surface area contributed by atoms with Gasteiger partial charge in [-0.25, -0.2) is 9.97 Å². The van der Waals surface area contributed by atoms with Gasteiger partial charge in [-0.05, 0) is 38.2 Å². The summed E-state index contributed by atoms with van der Waals surface area (Å²) in [6.45, 7) is 8.19. The first-order valence-electron chi connectivity index (χ1n) is 7.43. The van der Waals surface area contributed by atoms with E-state index in [4.69, 9.17) is 0 Å². The van der Waals surface area contributed by atoms with E-state index in [1.54, 1.807) is 0 Å². The summed E-state index contributed by atoms with van der Waals surface area (Å²) in [6.07, 6.45) is 3.46. The lowest BCUT2D eigenvalue weighted by Crippen LogP contribution is -2.39. The first-order valence-corrected chi connectivity index (χ1v) is 7.43. The molecular formula is C15H24N4O. The normalized spacial score (nSPS) is 15.5. The van der Waals surface area contributed by atoms with Gasteiger partial charge < -0.3 is 10.2 Å². The number of hydrogen-bond acceptors (Lipinski definition) is 4. The average molecular weight is 276 g/mol. The van der Waals surface area contributed by atoms with Gasteiger partial charge in [0.2, 0.25) is 11.9 Å². The molecule has 1 aliphatic rings. The molecule has 2 rings (SSSR count). The fourth-order valence-corrected chi connectivity index (χ4v) is 2.38. The van der Waals surface area contributed by atoms with Crippen LogP contribution in [0.4, 0.5) is 5.95 Å². The summed E-state index contributed by atoms with van der Waals surface area (Å²) in [5, 5.41) is 3.06. The highest BCUT2D eigenvalue weighted by Gasteiger charge is 2.16. The molecule has 1 aromatic rings. The number of piperidine rings is 1. The third-order valence-electron chi connectivity index (χ3n) is 3.57. The number of amides is 1. The minimum Gasteiger partial charge on any atom is -0.345 e. The van der Waals surface area contributed by atoms with Gasteiger partial charge in [0.25, 0.3) is 0 Å².